The number of ether oxygens (including phenoxy) is 1. The molecule has 1 aliphatic rings. The van der Waals surface area contributed by atoms with Gasteiger partial charge in [-0.3, -0.25) is 4.79 Å². The summed E-state index contributed by atoms with van der Waals surface area (Å²) < 4.78 is 5.22. The van der Waals surface area contributed by atoms with Crippen molar-refractivity contribution >= 4 is 17.4 Å². The fraction of sp³-hybridized carbons (Fsp3) is 0.300. The van der Waals surface area contributed by atoms with Crippen LogP contribution in [0.15, 0.2) is 6.07 Å². The molecule has 0 aliphatic carbocycles. The number of hydrogen-bond donors (Lipinski definition) is 2. The molecule has 4 nitrogen and oxygen atoms in total. The van der Waals surface area contributed by atoms with Crippen LogP contribution in [0, 0.1) is 5.92 Å². The third-order valence-corrected chi connectivity index (χ3v) is 2.74. The van der Waals surface area contributed by atoms with Gasteiger partial charge in [0.1, 0.15) is 22.1 Å². The summed E-state index contributed by atoms with van der Waals surface area (Å²) >= 11 is 5.62. The van der Waals surface area contributed by atoms with Crippen molar-refractivity contribution in [2.24, 2.45) is 5.92 Å². The zero-order valence-electron chi connectivity index (χ0n) is 7.95. The van der Waals surface area contributed by atoms with Crippen molar-refractivity contribution in [3.05, 3.63) is 16.7 Å². The first-order valence-electron chi connectivity index (χ1n) is 4.43. The monoisotopic (exact) mass is 228 g/mol. The van der Waals surface area contributed by atoms with Gasteiger partial charge in [-0.15, -0.1) is 0 Å². The zero-order chi connectivity index (χ0) is 11.2. The molecule has 0 radical (unpaired) electrons. The standard InChI is InChI=1S/C10H9ClO4/c1-4-3-15-6-2-5(12)8(11)10(14)7(6)9(4)13/h2,4,12,14H,3H2,1H3. The third-order valence-electron chi connectivity index (χ3n) is 2.37. The summed E-state index contributed by atoms with van der Waals surface area (Å²) in [6, 6.07) is 1.24. The predicted molar refractivity (Wildman–Crippen MR) is 53.8 cm³/mol. The Balaban J connectivity index is 2.67. The van der Waals surface area contributed by atoms with Gasteiger partial charge >= 0.3 is 0 Å². The highest BCUT2D eigenvalue weighted by Crippen LogP contribution is 2.43. The number of Topliss-reactive ketones (excluding diaryl/α,β-unsaturated/α-hetero) is 1. The second kappa shape index (κ2) is 3.31. The first-order chi connectivity index (χ1) is 7.02. The average molecular weight is 229 g/mol. The Labute approximate surface area is 91.1 Å². The van der Waals surface area contributed by atoms with Gasteiger partial charge in [-0.2, -0.15) is 0 Å². The summed E-state index contributed by atoms with van der Waals surface area (Å²) in [5, 5.41) is 18.7. The number of ketones is 1. The Kier molecular flexibility index (Phi) is 2.23. The van der Waals surface area contributed by atoms with E-state index in [1.54, 1.807) is 6.92 Å². The maximum absolute atomic E-state index is 11.7. The van der Waals surface area contributed by atoms with E-state index in [0.29, 0.717) is 0 Å². The van der Waals surface area contributed by atoms with E-state index in [1.807, 2.05) is 0 Å². The molecule has 5 heteroatoms. The molecule has 2 N–H and O–H groups in total. The number of benzene rings is 1. The SMILES string of the molecule is CC1COc2cc(O)c(Cl)c(O)c2C1=O. The highest BCUT2D eigenvalue weighted by molar-refractivity contribution is 6.34. The number of fused-ring (bicyclic) bond motifs is 1. The van der Waals surface area contributed by atoms with Gasteiger partial charge in [0.25, 0.3) is 0 Å². The summed E-state index contributed by atoms with van der Waals surface area (Å²) in [5.41, 5.74) is 0.0524. The van der Waals surface area contributed by atoms with Crippen LogP contribution in [0.1, 0.15) is 17.3 Å². The third kappa shape index (κ3) is 1.41. The molecule has 1 heterocycles. The summed E-state index contributed by atoms with van der Waals surface area (Å²) in [4.78, 5) is 11.7. The molecule has 0 bridgehead atoms. The molecule has 0 amide bonds. The van der Waals surface area contributed by atoms with Crippen LogP contribution in [0.25, 0.3) is 0 Å². The van der Waals surface area contributed by atoms with Gasteiger partial charge in [-0.25, -0.2) is 0 Å². The van der Waals surface area contributed by atoms with Gasteiger partial charge in [0.05, 0.1) is 12.5 Å². The highest BCUT2D eigenvalue weighted by Gasteiger charge is 2.30. The minimum atomic E-state index is -0.414. The summed E-state index contributed by atoms with van der Waals surface area (Å²) in [7, 11) is 0. The number of aromatic hydroxyl groups is 2. The van der Waals surface area contributed by atoms with Gasteiger partial charge < -0.3 is 14.9 Å². The molecule has 1 unspecified atom stereocenters. The molecule has 0 saturated carbocycles. The largest absolute Gasteiger partial charge is 0.506 e. The Bertz CT molecular complexity index is 442. The van der Waals surface area contributed by atoms with Crippen molar-refractivity contribution in [2.45, 2.75) is 6.92 Å². The van der Waals surface area contributed by atoms with Crippen LogP contribution in [0.5, 0.6) is 17.2 Å². The Morgan fingerprint density at radius 2 is 2.20 bits per heavy atom. The smallest absolute Gasteiger partial charge is 0.176 e. The maximum Gasteiger partial charge on any atom is 0.176 e. The number of halogens is 1. The number of rotatable bonds is 0. The fourth-order valence-electron chi connectivity index (χ4n) is 1.50. The number of carbonyl (C=O) groups excluding carboxylic acids is 1. The number of hydrogen-bond acceptors (Lipinski definition) is 4. The van der Waals surface area contributed by atoms with E-state index >= 15 is 0 Å². The maximum atomic E-state index is 11.7. The lowest BCUT2D eigenvalue weighted by molar-refractivity contribution is 0.0844. The quantitative estimate of drug-likeness (QED) is 0.712. The van der Waals surface area contributed by atoms with E-state index in [4.69, 9.17) is 16.3 Å². The average Bonchev–Trinajstić information content (AvgIpc) is 2.20. The Morgan fingerprint density at radius 1 is 1.53 bits per heavy atom. The van der Waals surface area contributed by atoms with E-state index in [9.17, 15) is 15.0 Å². The zero-order valence-corrected chi connectivity index (χ0v) is 8.71. The molecule has 0 spiro atoms. The number of carbonyl (C=O) groups is 1. The molecule has 15 heavy (non-hydrogen) atoms. The van der Waals surface area contributed by atoms with E-state index in [0.717, 1.165) is 0 Å². The topological polar surface area (TPSA) is 66.8 Å². The van der Waals surface area contributed by atoms with E-state index < -0.39 is 5.75 Å². The number of phenols is 2. The number of phenolic OH excluding ortho intramolecular Hbond substituents is 2. The van der Waals surface area contributed by atoms with E-state index in [-0.39, 0.29) is 40.4 Å². The first-order valence-corrected chi connectivity index (χ1v) is 4.81. The van der Waals surface area contributed by atoms with Gasteiger partial charge in [-0.05, 0) is 0 Å². The van der Waals surface area contributed by atoms with Gasteiger partial charge in [0, 0.05) is 6.07 Å². The van der Waals surface area contributed by atoms with Crippen molar-refractivity contribution < 1.29 is 19.7 Å². The molecule has 0 saturated heterocycles. The highest BCUT2D eigenvalue weighted by atomic mass is 35.5. The first kappa shape index (κ1) is 10.1. The van der Waals surface area contributed by atoms with Crippen molar-refractivity contribution in [1.29, 1.82) is 0 Å². The van der Waals surface area contributed by atoms with Crippen LogP contribution in [0.2, 0.25) is 5.02 Å². The fourth-order valence-corrected chi connectivity index (χ4v) is 1.65. The van der Waals surface area contributed by atoms with Crippen LogP contribution in [0.4, 0.5) is 0 Å². The lowest BCUT2D eigenvalue weighted by Gasteiger charge is -2.22. The lowest BCUT2D eigenvalue weighted by atomic mass is 9.96. The molecular weight excluding hydrogens is 220 g/mol. The van der Waals surface area contributed by atoms with E-state index in [1.165, 1.54) is 6.07 Å². The predicted octanol–water partition coefficient (Wildman–Crippen LogP) is 1.96. The van der Waals surface area contributed by atoms with Crippen molar-refractivity contribution in [2.75, 3.05) is 6.61 Å². The Morgan fingerprint density at radius 3 is 2.87 bits per heavy atom. The second-order valence-corrected chi connectivity index (χ2v) is 3.89. The summed E-state index contributed by atoms with van der Waals surface area (Å²) in [6.45, 7) is 1.94. The van der Waals surface area contributed by atoms with Gasteiger partial charge in [-0.1, -0.05) is 18.5 Å². The molecule has 1 atom stereocenters. The molecule has 0 fully saturated rings. The second-order valence-electron chi connectivity index (χ2n) is 3.51. The summed E-state index contributed by atoms with van der Waals surface area (Å²) in [5.74, 6) is -1.07. The molecule has 1 aromatic rings. The van der Waals surface area contributed by atoms with E-state index in [2.05, 4.69) is 0 Å². The minimum Gasteiger partial charge on any atom is -0.506 e. The molecule has 80 valence electrons. The van der Waals surface area contributed by atoms with Crippen LogP contribution < -0.4 is 4.74 Å². The van der Waals surface area contributed by atoms with Crippen LogP contribution in [-0.4, -0.2) is 22.6 Å². The van der Waals surface area contributed by atoms with Crippen molar-refractivity contribution in [3.63, 3.8) is 0 Å². The van der Waals surface area contributed by atoms with Crippen LogP contribution in [0.3, 0.4) is 0 Å². The minimum absolute atomic E-state index is 0.0524. The molecule has 0 aromatic heterocycles. The molecule has 1 aliphatic heterocycles. The normalized spacial score (nSPS) is 19.6. The van der Waals surface area contributed by atoms with Crippen LogP contribution in [-0.2, 0) is 0 Å². The molecule has 2 rings (SSSR count). The molecule has 1 aromatic carbocycles. The van der Waals surface area contributed by atoms with Crippen molar-refractivity contribution in [1.82, 2.24) is 0 Å². The summed E-state index contributed by atoms with van der Waals surface area (Å²) in [6.07, 6.45) is 0. The molecular formula is C10H9ClO4. The lowest BCUT2D eigenvalue weighted by Crippen LogP contribution is -2.25. The van der Waals surface area contributed by atoms with Gasteiger partial charge in [0.2, 0.25) is 0 Å². The van der Waals surface area contributed by atoms with Crippen LogP contribution >= 0.6 is 11.6 Å². The van der Waals surface area contributed by atoms with Gasteiger partial charge in [0.15, 0.2) is 11.5 Å². The Hall–Kier alpha value is -1.42. The van der Waals surface area contributed by atoms with Crippen molar-refractivity contribution in [3.8, 4) is 17.2 Å².